The second-order valence-electron chi connectivity index (χ2n) is 5.02. The van der Waals surface area contributed by atoms with E-state index in [-0.39, 0.29) is 11.6 Å². The van der Waals surface area contributed by atoms with Crippen LogP contribution in [0.5, 0.6) is 0 Å². The first kappa shape index (κ1) is 14.9. The fourth-order valence-electron chi connectivity index (χ4n) is 1.75. The Kier molecular flexibility index (Phi) is 4.47. The summed E-state index contributed by atoms with van der Waals surface area (Å²) in [5.41, 5.74) is 0.723. The highest BCUT2D eigenvalue weighted by Crippen LogP contribution is 2.26. The Labute approximate surface area is 112 Å². The number of nitro benzene ring substituents is 1. The highest BCUT2D eigenvalue weighted by molar-refractivity contribution is 5.82. The number of hydrogen-bond acceptors (Lipinski definition) is 4. The molecule has 0 radical (unpaired) electrons. The molecule has 2 N–H and O–H groups in total. The third-order valence-corrected chi connectivity index (χ3v) is 3.06. The maximum absolute atomic E-state index is 11.7. The van der Waals surface area contributed by atoms with Gasteiger partial charge in [0.15, 0.2) is 0 Å². The molecule has 0 aliphatic heterocycles. The van der Waals surface area contributed by atoms with Crippen molar-refractivity contribution in [2.24, 2.45) is 5.41 Å². The Morgan fingerprint density at radius 1 is 1.42 bits per heavy atom. The van der Waals surface area contributed by atoms with Gasteiger partial charge in [-0.1, -0.05) is 6.07 Å². The summed E-state index contributed by atoms with van der Waals surface area (Å²) in [6.07, 6.45) is 0. The second kappa shape index (κ2) is 5.69. The summed E-state index contributed by atoms with van der Waals surface area (Å²) in [4.78, 5) is 22.1. The molecule has 6 nitrogen and oxygen atoms in total. The SMILES string of the molecule is CNC(=O)C(C)(C)CNc1cccc([N+](=O)[O-])c1C. The summed E-state index contributed by atoms with van der Waals surface area (Å²) in [5.74, 6) is -0.0805. The predicted octanol–water partition coefficient (Wildman–Crippen LogP) is 2.09. The molecule has 19 heavy (non-hydrogen) atoms. The van der Waals surface area contributed by atoms with Crippen LogP contribution in [0.1, 0.15) is 19.4 Å². The maximum atomic E-state index is 11.7. The highest BCUT2D eigenvalue weighted by atomic mass is 16.6. The van der Waals surface area contributed by atoms with Gasteiger partial charge in [0.25, 0.3) is 5.69 Å². The molecular formula is C13H19N3O3. The molecule has 104 valence electrons. The van der Waals surface area contributed by atoms with Crippen LogP contribution < -0.4 is 10.6 Å². The van der Waals surface area contributed by atoms with Gasteiger partial charge in [0.1, 0.15) is 0 Å². The molecule has 0 bridgehead atoms. The summed E-state index contributed by atoms with van der Waals surface area (Å²) in [6.45, 7) is 5.71. The Balaban J connectivity index is 2.87. The van der Waals surface area contributed by atoms with E-state index in [1.807, 2.05) is 13.8 Å². The first-order chi connectivity index (χ1) is 8.79. The minimum absolute atomic E-state index is 0.0720. The molecule has 0 saturated heterocycles. The zero-order chi connectivity index (χ0) is 14.6. The molecular weight excluding hydrogens is 246 g/mol. The van der Waals surface area contributed by atoms with E-state index in [1.165, 1.54) is 6.07 Å². The Morgan fingerprint density at radius 3 is 2.58 bits per heavy atom. The van der Waals surface area contributed by atoms with Crippen molar-refractivity contribution < 1.29 is 9.72 Å². The lowest BCUT2D eigenvalue weighted by Crippen LogP contribution is -2.39. The van der Waals surface area contributed by atoms with Crippen LogP contribution in [-0.2, 0) is 4.79 Å². The van der Waals surface area contributed by atoms with E-state index in [0.29, 0.717) is 17.8 Å². The fourth-order valence-corrected chi connectivity index (χ4v) is 1.75. The molecule has 0 heterocycles. The zero-order valence-corrected chi connectivity index (χ0v) is 11.6. The Hall–Kier alpha value is -2.11. The minimum Gasteiger partial charge on any atom is -0.384 e. The summed E-state index contributed by atoms with van der Waals surface area (Å²) >= 11 is 0. The number of nitrogens with zero attached hydrogens (tertiary/aromatic N) is 1. The van der Waals surface area contributed by atoms with E-state index in [9.17, 15) is 14.9 Å². The molecule has 1 amide bonds. The molecule has 0 aliphatic carbocycles. The fraction of sp³-hybridized carbons (Fsp3) is 0.462. The predicted molar refractivity (Wildman–Crippen MR) is 74.2 cm³/mol. The quantitative estimate of drug-likeness (QED) is 0.630. The molecule has 6 heteroatoms. The average Bonchev–Trinajstić information content (AvgIpc) is 2.36. The number of hydrogen-bond donors (Lipinski definition) is 2. The van der Waals surface area contributed by atoms with Crippen LogP contribution in [0.3, 0.4) is 0 Å². The summed E-state index contributed by atoms with van der Waals surface area (Å²) in [6, 6.07) is 4.85. The number of nitrogens with one attached hydrogen (secondary N) is 2. The van der Waals surface area contributed by atoms with Gasteiger partial charge in [-0.15, -0.1) is 0 Å². The van der Waals surface area contributed by atoms with Crippen LogP contribution in [0.15, 0.2) is 18.2 Å². The number of rotatable bonds is 5. The molecule has 0 spiro atoms. The second-order valence-corrected chi connectivity index (χ2v) is 5.02. The standard InChI is InChI=1S/C13H19N3O3/c1-9-10(6-5-7-11(9)16(18)19)15-8-13(2,3)12(17)14-4/h5-7,15H,8H2,1-4H3,(H,14,17). The van der Waals surface area contributed by atoms with E-state index in [2.05, 4.69) is 10.6 Å². The third-order valence-electron chi connectivity index (χ3n) is 3.06. The van der Waals surface area contributed by atoms with Crippen LogP contribution >= 0.6 is 0 Å². The molecule has 0 aromatic heterocycles. The number of carbonyl (C=O) groups excluding carboxylic acids is 1. The largest absolute Gasteiger partial charge is 0.384 e. The Morgan fingerprint density at radius 2 is 2.05 bits per heavy atom. The average molecular weight is 265 g/mol. The van der Waals surface area contributed by atoms with Crippen LogP contribution in [0.4, 0.5) is 11.4 Å². The molecule has 1 rings (SSSR count). The highest BCUT2D eigenvalue weighted by Gasteiger charge is 2.26. The monoisotopic (exact) mass is 265 g/mol. The van der Waals surface area contributed by atoms with Crippen LogP contribution in [0, 0.1) is 22.5 Å². The molecule has 0 unspecified atom stereocenters. The third kappa shape index (κ3) is 3.43. The topological polar surface area (TPSA) is 84.3 Å². The Bertz CT molecular complexity index is 498. The molecule has 0 aliphatic rings. The maximum Gasteiger partial charge on any atom is 0.274 e. The number of amides is 1. The summed E-state index contributed by atoms with van der Waals surface area (Å²) < 4.78 is 0. The van der Waals surface area contributed by atoms with Crippen molar-refractivity contribution in [1.29, 1.82) is 0 Å². The van der Waals surface area contributed by atoms with Crippen molar-refractivity contribution in [2.45, 2.75) is 20.8 Å². The van der Waals surface area contributed by atoms with Crippen molar-refractivity contribution in [3.8, 4) is 0 Å². The van der Waals surface area contributed by atoms with Gasteiger partial charge in [-0.05, 0) is 26.8 Å². The summed E-state index contributed by atoms with van der Waals surface area (Å²) in [7, 11) is 1.59. The van der Waals surface area contributed by atoms with Gasteiger partial charge in [0.2, 0.25) is 5.91 Å². The van der Waals surface area contributed by atoms with Gasteiger partial charge < -0.3 is 10.6 Å². The smallest absolute Gasteiger partial charge is 0.274 e. The first-order valence-electron chi connectivity index (χ1n) is 5.99. The van der Waals surface area contributed by atoms with Crippen LogP contribution in [0.2, 0.25) is 0 Å². The normalized spacial score (nSPS) is 10.9. The molecule has 0 fully saturated rings. The lowest BCUT2D eigenvalue weighted by molar-refractivity contribution is -0.385. The molecule has 0 atom stereocenters. The van der Waals surface area contributed by atoms with Crippen molar-refractivity contribution in [3.05, 3.63) is 33.9 Å². The van der Waals surface area contributed by atoms with Crippen molar-refractivity contribution >= 4 is 17.3 Å². The van der Waals surface area contributed by atoms with Gasteiger partial charge in [-0.2, -0.15) is 0 Å². The van der Waals surface area contributed by atoms with Gasteiger partial charge in [0.05, 0.1) is 10.3 Å². The number of nitro groups is 1. The first-order valence-corrected chi connectivity index (χ1v) is 5.99. The van der Waals surface area contributed by atoms with Crippen molar-refractivity contribution in [3.63, 3.8) is 0 Å². The van der Waals surface area contributed by atoms with Gasteiger partial charge in [-0.25, -0.2) is 0 Å². The van der Waals surface area contributed by atoms with E-state index in [1.54, 1.807) is 26.1 Å². The summed E-state index contributed by atoms with van der Waals surface area (Å²) in [5, 5.41) is 16.5. The van der Waals surface area contributed by atoms with E-state index in [0.717, 1.165) is 0 Å². The van der Waals surface area contributed by atoms with E-state index < -0.39 is 10.3 Å². The van der Waals surface area contributed by atoms with Crippen LogP contribution in [-0.4, -0.2) is 24.4 Å². The van der Waals surface area contributed by atoms with Gasteiger partial charge in [-0.3, -0.25) is 14.9 Å². The van der Waals surface area contributed by atoms with Crippen LogP contribution in [0.25, 0.3) is 0 Å². The number of anilines is 1. The molecule has 1 aromatic carbocycles. The van der Waals surface area contributed by atoms with Gasteiger partial charge in [0, 0.05) is 30.9 Å². The van der Waals surface area contributed by atoms with Crippen molar-refractivity contribution in [2.75, 3.05) is 18.9 Å². The zero-order valence-electron chi connectivity index (χ0n) is 11.6. The lowest BCUT2D eigenvalue weighted by atomic mass is 9.92. The van der Waals surface area contributed by atoms with Crippen molar-refractivity contribution in [1.82, 2.24) is 5.32 Å². The number of carbonyl (C=O) groups is 1. The van der Waals surface area contributed by atoms with E-state index >= 15 is 0 Å². The lowest BCUT2D eigenvalue weighted by Gasteiger charge is -2.24. The van der Waals surface area contributed by atoms with Gasteiger partial charge >= 0.3 is 0 Å². The minimum atomic E-state index is -0.591. The van der Waals surface area contributed by atoms with E-state index in [4.69, 9.17) is 0 Å². The molecule has 0 saturated carbocycles. The molecule has 1 aromatic rings. The number of benzene rings is 1.